The van der Waals surface area contributed by atoms with Crippen LogP contribution in [0.15, 0.2) is 0 Å². The molecule has 0 aromatic rings. The van der Waals surface area contributed by atoms with E-state index in [0.29, 0.717) is 0 Å². The molecule has 0 aliphatic carbocycles. The summed E-state index contributed by atoms with van der Waals surface area (Å²) in [5, 5.41) is 77.6. The average Bonchev–Trinajstić information content (AvgIpc) is 2.69. The summed E-state index contributed by atoms with van der Waals surface area (Å²) in [4.78, 5) is 11.8. The van der Waals surface area contributed by atoms with Crippen molar-refractivity contribution in [3.8, 4) is 0 Å². The molecule has 2 radical (unpaired) electrons. The van der Waals surface area contributed by atoms with Gasteiger partial charge < -0.3 is 66.5 Å². The Morgan fingerprint density at radius 1 is 1.10 bits per heavy atom. The number of rotatable bonds is 7. The third-order valence-corrected chi connectivity index (χ3v) is 5.02. The van der Waals surface area contributed by atoms with E-state index in [9.17, 15) is 40.5 Å². The van der Waals surface area contributed by atoms with Gasteiger partial charge in [-0.1, -0.05) is 12.1 Å². The normalized spacial score (nSPS) is 42.6. The summed E-state index contributed by atoms with van der Waals surface area (Å²) < 4.78 is 15.3. The molecule has 2 heterocycles. The number of nitrogens with one attached hydrogen (secondary N) is 2. The van der Waals surface area contributed by atoms with Crippen LogP contribution in [-0.4, -0.2) is 127 Å². The van der Waals surface area contributed by atoms with Crippen LogP contribution in [0.25, 0.3) is 11.5 Å². The molecule has 14 nitrogen and oxygen atoms in total. The molecule has 0 saturated carbocycles. The Labute approximate surface area is 248 Å². The Kier molecular flexibility index (Phi) is 14.7. The maximum atomic E-state index is 11.8. The van der Waals surface area contributed by atoms with Crippen LogP contribution in [0.2, 0.25) is 0 Å². The number of aliphatic hydroxyl groups is 7. The largest absolute Gasteiger partial charge is 0.670 e. The van der Waals surface area contributed by atoms with Crippen LogP contribution >= 0.6 is 0 Å². The number of carboxylic acid groups (broad SMARTS) is 1. The predicted octanol–water partition coefficient (Wildman–Crippen LogP) is -4.07. The van der Waals surface area contributed by atoms with Gasteiger partial charge in [0.2, 0.25) is 0 Å². The van der Waals surface area contributed by atoms with Crippen molar-refractivity contribution in [2.24, 2.45) is 0 Å². The van der Waals surface area contributed by atoms with Gasteiger partial charge in [-0.25, -0.2) is 4.79 Å². The van der Waals surface area contributed by atoms with E-state index in [-0.39, 0.29) is 88.1 Å². The number of aliphatic carboxylic acids is 1. The first-order valence-electron chi connectivity index (χ1n) is 8.77. The molecule has 0 spiro atoms. The second kappa shape index (κ2) is 13.8. The van der Waals surface area contributed by atoms with E-state index in [1.807, 2.05) is 0 Å². The number of ether oxygens (including phenoxy) is 3. The van der Waals surface area contributed by atoms with E-state index in [2.05, 4.69) is 0 Å². The average molecular weight is 880 g/mol. The Bertz CT molecular complexity index is 580. The summed E-state index contributed by atoms with van der Waals surface area (Å²) in [5.74, 6) is -4.39. The zero-order valence-corrected chi connectivity index (χ0v) is 25.8. The maximum absolute atomic E-state index is 11.8. The SMILES string of the molecule is [Ac].[Ac].[NH-][C@@H]1C(O)OC(COC2(C(=O)O)C[C@@H](O)[C@@H]([NH-])C([C@H](O)[C@H](O)CO)O2)[C@H](O)[C@@H]1O. The van der Waals surface area contributed by atoms with Crippen molar-refractivity contribution in [1.82, 2.24) is 0 Å². The van der Waals surface area contributed by atoms with Crippen LogP contribution in [0.4, 0.5) is 0 Å². The Balaban J connectivity index is 0.00000450. The molecule has 0 aromatic heterocycles. The maximum Gasteiger partial charge on any atom is 0.364 e. The van der Waals surface area contributed by atoms with E-state index in [1.165, 1.54) is 0 Å². The molecule has 11 atom stereocenters. The number of carbonyl (C=O) groups is 1. The van der Waals surface area contributed by atoms with Gasteiger partial charge in [-0.2, -0.15) is 0 Å². The molecule has 2 aliphatic rings. The molecule has 0 amide bonds. The molecule has 10 N–H and O–H groups in total. The molecule has 4 unspecified atom stereocenters. The van der Waals surface area contributed by atoms with Crippen LogP contribution in [0.5, 0.6) is 0 Å². The summed E-state index contributed by atoms with van der Waals surface area (Å²) in [6, 6.07) is -3.14. The van der Waals surface area contributed by atoms with Gasteiger partial charge in [0.1, 0.15) is 30.7 Å². The molecule has 0 bridgehead atoms. The van der Waals surface area contributed by atoms with Gasteiger partial charge in [0.15, 0.2) is 0 Å². The van der Waals surface area contributed by atoms with Crippen LogP contribution in [0, 0.1) is 88.1 Å². The van der Waals surface area contributed by atoms with Crippen molar-refractivity contribution >= 4 is 5.97 Å². The smallest absolute Gasteiger partial charge is 0.364 e. The Morgan fingerprint density at radius 2 is 1.68 bits per heavy atom. The summed E-state index contributed by atoms with van der Waals surface area (Å²) in [7, 11) is 0. The van der Waals surface area contributed by atoms with Crippen LogP contribution in [-0.2, 0) is 19.0 Å². The van der Waals surface area contributed by atoms with Gasteiger partial charge in [-0.15, -0.1) is 0 Å². The molecule has 2 fully saturated rings. The minimum Gasteiger partial charge on any atom is -0.670 e. The van der Waals surface area contributed by atoms with E-state index in [4.69, 9.17) is 30.8 Å². The van der Waals surface area contributed by atoms with Gasteiger partial charge in [-0.3, -0.25) is 0 Å². The molecule has 2 aliphatic heterocycles. The minimum absolute atomic E-state index is 0. The molecule has 2 rings (SSSR count). The fourth-order valence-corrected chi connectivity index (χ4v) is 3.16. The molecule has 2 saturated heterocycles. The molecule has 0 aromatic carbocycles. The number of carboxylic acids is 1. The van der Waals surface area contributed by atoms with E-state index in [0.717, 1.165) is 0 Å². The topological polar surface area (TPSA) is 254 Å². The van der Waals surface area contributed by atoms with Crippen molar-refractivity contribution in [3.05, 3.63) is 11.5 Å². The first kappa shape index (κ1) is 32.9. The quantitative estimate of drug-likeness (QED) is 0.122. The van der Waals surface area contributed by atoms with Crippen molar-refractivity contribution in [1.29, 1.82) is 0 Å². The van der Waals surface area contributed by atoms with Crippen molar-refractivity contribution in [2.75, 3.05) is 13.2 Å². The summed E-state index contributed by atoms with van der Waals surface area (Å²) in [5.41, 5.74) is 15.3. The minimum atomic E-state index is -2.63. The van der Waals surface area contributed by atoms with Gasteiger partial charge in [0.05, 0.1) is 25.4 Å². The Morgan fingerprint density at radius 3 is 2.19 bits per heavy atom. The van der Waals surface area contributed by atoms with Crippen molar-refractivity contribution in [3.63, 3.8) is 0 Å². The van der Waals surface area contributed by atoms with Gasteiger partial charge >= 0.3 is 5.97 Å². The van der Waals surface area contributed by atoms with Crippen molar-refractivity contribution in [2.45, 2.75) is 73.3 Å². The van der Waals surface area contributed by atoms with E-state index < -0.39 is 92.5 Å². The fourth-order valence-electron chi connectivity index (χ4n) is 3.16. The van der Waals surface area contributed by atoms with Crippen LogP contribution in [0.3, 0.4) is 0 Å². The summed E-state index contributed by atoms with van der Waals surface area (Å²) in [6.45, 7) is -1.69. The molecular formula is C15H26Ac2N2O12-2. The van der Waals surface area contributed by atoms with Gasteiger partial charge in [0, 0.05) is 101 Å². The third kappa shape index (κ3) is 7.43. The van der Waals surface area contributed by atoms with E-state index >= 15 is 0 Å². The molecule has 176 valence electrons. The fraction of sp³-hybridized carbons (Fsp3) is 0.933. The number of aliphatic hydroxyl groups excluding tert-OH is 7. The molecule has 31 heavy (non-hydrogen) atoms. The number of hydrogen-bond donors (Lipinski definition) is 8. The zero-order valence-electron chi connectivity index (χ0n) is 16.3. The van der Waals surface area contributed by atoms with Gasteiger partial charge in [0.25, 0.3) is 5.79 Å². The van der Waals surface area contributed by atoms with Crippen LogP contribution < -0.4 is 0 Å². The zero-order chi connectivity index (χ0) is 22.1. The van der Waals surface area contributed by atoms with Crippen LogP contribution in [0.1, 0.15) is 6.42 Å². The first-order chi connectivity index (χ1) is 13.4. The predicted molar refractivity (Wildman–Crippen MR) is 90.0 cm³/mol. The monoisotopic (exact) mass is 880 g/mol. The summed E-state index contributed by atoms with van der Waals surface area (Å²) >= 11 is 0. The first-order valence-corrected chi connectivity index (χ1v) is 8.77. The molecule has 16 heteroatoms. The standard InChI is InChI=1S/C15H26N2O12.2Ac/c16-7-4(19)1-15(14(25)26,29-12(7)9(21)5(20)2-18)27-3-6-10(22)11(23)8(17)13(24)28-6;;/h4-13,16-24H,1-3H2,(H,25,26);;/q-2;;/t4-,5-,6?,7-,8+,9-,10+,11-,12?,13?,15?;;/m1../s1. The van der Waals surface area contributed by atoms with E-state index in [1.54, 1.807) is 0 Å². The second-order valence-corrected chi connectivity index (χ2v) is 7.06. The second-order valence-electron chi connectivity index (χ2n) is 7.06. The third-order valence-electron chi connectivity index (χ3n) is 5.02. The summed E-state index contributed by atoms with van der Waals surface area (Å²) in [6.07, 6.45) is -14.6. The Hall–Kier alpha value is 1.87. The van der Waals surface area contributed by atoms with Gasteiger partial charge in [-0.05, 0) is 0 Å². The molecular weight excluding hydrogens is 854 g/mol. The number of hydrogen-bond acceptors (Lipinski definition) is 11. The van der Waals surface area contributed by atoms with Crippen molar-refractivity contribution < 1.29 is 148 Å².